The maximum Gasteiger partial charge on any atom is 0.123 e. The molecule has 0 radical (unpaired) electrons. The van der Waals surface area contributed by atoms with Gasteiger partial charge >= 0.3 is 0 Å². The van der Waals surface area contributed by atoms with Crippen molar-refractivity contribution in [3.05, 3.63) is 70.5 Å². The summed E-state index contributed by atoms with van der Waals surface area (Å²) in [4.78, 5) is 0. The van der Waals surface area contributed by atoms with Crippen molar-refractivity contribution in [2.75, 3.05) is 0 Å². The zero-order chi connectivity index (χ0) is 14.9. The summed E-state index contributed by atoms with van der Waals surface area (Å²) >= 11 is 0. The summed E-state index contributed by atoms with van der Waals surface area (Å²) < 4.78 is 13.1. The standard InChI is InChI=1S/C18H22FN/c1-12-5-6-14(11-13(12)2)17(20)18(3,4)15-7-9-16(19)10-8-15/h5-11,17H,20H2,1-4H3. The van der Waals surface area contributed by atoms with Gasteiger partial charge in [0, 0.05) is 11.5 Å². The van der Waals surface area contributed by atoms with Crippen molar-refractivity contribution in [1.29, 1.82) is 0 Å². The first kappa shape index (κ1) is 14.7. The minimum atomic E-state index is -0.255. The van der Waals surface area contributed by atoms with Gasteiger partial charge in [0.05, 0.1) is 0 Å². The molecule has 106 valence electrons. The van der Waals surface area contributed by atoms with E-state index in [2.05, 4.69) is 45.9 Å². The Morgan fingerprint density at radius 2 is 1.55 bits per heavy atom. The Balaban J connectivity index is 2.37. The summed E-state index contributed by atoms with van der Waals surface area (Å²) in [5, 5.41) is 0. The molecular formula is C18H22FN. The lowest BCUT2D eigenvalue weighted by Crippen LogP contribution is -2.33. The SMILES string of the molecule is Cc1ccc(C(N)C(C)(C)c2ccc(F)cc2)cc1C. The first-order valence-electron chi connectivity index (χ1n) is 6.91. The molecule has 1 unspecified atom stereocenters. The van der Waals surface area contributed by atoms with Crippen LogP contribution in [-0.4, -0.2) is 0 Å². The van der Waals surface area contributed by atoms with Crippen LogP contribution in [0.1, 0.15) is 42.1 Å². The summed E-state index contributed by atoms with van der Waals surface area (Å²) in [6, 6.07) is 12.8. The van der Waals surface area contributed by atoms with Crippen LogP contribution in [0.3, 0.4) is 0 Å². The van der Waals surface area contributed by atoms with E-state index < -0.39 is 0 Å². The van der Waals surface area contributed by atoms with Crippen LogP contribution in [0.5, 0.6) is 0 Å². The van der Waals surface area contributed by atoms with E-state index in [0.717, 1.165) is 11.1 Å². The van der Waals surface area contributed by atoms with Crippen LogP contribution in [-0.2, 0) is 5.41 Å². The molecule has 20 heavy (non-hydrogen) atoms. The third-order valence-corrected chi connectivity index (χ3v) is 4.26. The van der Waals surface area contributed by atoms with E-state index in [1.165, 1.54) is 23.3 Å². The Bertz CT molecular complexity index is 599. The second-order valence-electron chi connectivity index (χ2n) is 6.05. The van der Waals surface area contributed by atoms with Crippen molar-refractivity contribution < 1.29 is 4.39 Å². The second-order valence-corrected chi connectivity index (χ2v) is 6.05. The fraction of sp³-hybridized carbons (Fsp3) is 0.333. The summed E-state index contributed by atoms with van der Waals surface area (Å²) in [5.41, 5.74) is 10.9. The van der Waals surface area contributed by atoms with Gasteiger partial charge in [-0.2, -0.15) is 0 Å². The highest BCUT2D eigenvalue weighted by atomic mass is 19.1. The molecule has 0 aliphatic heterocycles. The second kappa shape index (κ2) is 5.37. The maximum absolute atomic E-state index is 13.1. The largest absolute Gasteiger partial charge is 0.323 e. The summed E-state index contributed by atoms with van der Waals surface area (Å²) in [6.45, 7) is 8.38. The van der Waals surface area contributed by atoms with Gasteiger partial charge in [-0.3, -0.25) is 0 Å². The normalized spacial score (nSPS) is 13.3. The van der Waals surface area contributed by atoms with Crippen LogP contribution in [0.15, 0.2) is 42.5 Å². The molecule has 2 aromatic rings. The van der Waals surface area contributed by atoms with E-state index in [4.69, 9.17) is 5.73 Å². The number of benzene rings is 2. The molecule has 2 heteroatoms. The fourth-order valence-corrected chi connectivity index (χ4v) is 2.43. The quantitative estimate of drug-likeness (QED) is 0.878. The Kier molecular flexibility index (Phi) is 3.96. The smallest absolute Gasteiger partial charge is 0.123 e. The number of hydrogen-bond donors (Lipinski definition) is 1. The van der Waals surface area contributed by atoms with Gasteiger partial charge in [-0.1, -0.05) is 44.2 Å². The van der Waals surface area contributed by atoms with Gasteiger partial charge in [-0.15, -0.1) is 0 Å². The molecule has 0 saturated carbocycles. The fourth-order valence-electron chi connectivity index (χ4n) is 2.43. The molecule has 0 aromatic heterocycles. The topological polar surface area (TPSA) is 26.0 Å². The van der Waals surface area contributed by atoms with Crippen LogP contribution in [0.2, 0.25) is 0 Å². The minimum Gasteiger partial charge on any atom is -0.323 e. The molecule has 0 bridgehead atoms. The van der Waals surface area contributed by atoms with Gasteiger partial charge in [0.1, 0.15) is 5.82 Å². The molecule has 0 amide bonds. The Morgan fingerprint density at radius 1 is 0.950 bits per heavy atom. The highest BCUT2D eigenvalue weighted by Crippen LogP contribution is 2.35. The van der Waals surface area contributed by atoms with Crippen molar-refractivity contribution in [2.24, 2.45) is 5.73 Å². The molecule has 0 aliphatic rings. The molecule has 0 spiro atoms. The predicted octanol–water partition coefficient (Wildman–Crippen LogP) is 4.42. The highest BCUT2D eigenvalue weighted by molar-refractivity contribution is 5.36. The molecule has 1 nitrogen and oxygen atoms in total. The summed E-state index contributed by atoms with van der Waals surface area (Å²) in [6.07, 6.45) is 0. The Morgan fingerprint density at radius 3 is 2.10 bits per heavy atom. The molecule has 2 N–H and O–H groups in total. The van der Waals surface area contributed by atoms with Crippen molar-refractivity contribution in [2.45, 2.75) is 39.2 Å². The molecular weight excluding hydrogens is 249 g/mol. The van der Waals surface area contributed by atoms with Crippen LogP contribution >= 0.6 is 0 Å². The van der Waals surface area contributed by atoms with E-state index in [1.54, 1.807) is 0 Å². The maximum atomic E-state index is 13.1. The number of nitrogens with two attached hydrogens (primary N) is 1. The first-order chi connectivity index (χ1) is 9.32. The molecule has 1 atom stereocenters. The Labute approximate surface area is 120 Å². The minimum absolute atomic E-state index is 0.132. The lowest BCUT2D eigenvalue weighted by molar-refractivity contribution is 0.420. The van der Waals surface area contributed by atoms with Gasteiger partial charge in [-0.25, -0.2) is 4.39 Å². The van der Waals surface area contributed by atoms with E-state index in [-0.39, 0.29) is 17.3 Å². The van der Waals surface area contributed by atoms with Crippen molar-refractivity contribution in [1.82, 2.24) is 0 Å². The number of hydrogen-bond acceptors (Lipinski definition) is 1. The molecule has 0 saturated heterocycles. The van der Waals surface area contributed by atoms with Gasteiger partial charge < -0.3 is 5.73 Å². The lowest BCUT2D eigenvalue weighted by atomic mass is 9.75. The van der Waals surface area contributed by atoms with Crippen LogP contribution < -0.4 is 5.73 Å². The molecule has 0 fully saturated rings. The van der Waals surface area contributed by atoms with Crippen molar-refractivity contribution in [3.8, 4) is 0 Å². The summed E-state index contributed by atoms with van der Waals surface area (Å²) in [5.74, 6) is -0.218. The molecule has 0 aliphatic carbocycles. The average Bonchev–Trinajstić information content (AvgIpc) is 2.41. The van der Waals surface area contributed by atoms with E-state index in [9.17, 15) is 4.39 Å². The van der Waals surface area contributed by atoms with Gasteiger partial charge in [-0.05, 0) is 48.2 Å². The monoisotopic (exact) mass is 271 g/mol. The van der Waals surface area contributed by atoms with Crippen LogP contribution in [0.25, 0.3) is 0 Å². The van der Waals surface area contributed by atoms with Gasteiger partial charge in [0.25, 0.3) is 0 Å². The van der Waals surface area contributed by atoms with E-state index in [1.807, 2.05) is 12.1 Å². The average molecular weight is 271 g/mol. The van der Waals surface area contributed by atoms with E-state index >= 15 is 0 Å². The Hall–Kier alpha value is -1.67. The molecule has 2 rings (SSSR count). The van der Waals surface area contributed by atoms with Crippen LogP contribution in [0.4, 0.5) is 4.39 Å². The predicted molar refractivity (Wildman–Crippen MR) is 82.3 cm³/mol. The number of halogens is 1. The molecule has 2 aromatic carbocycles. The highest BCUT2D eigenvalue weighted by Gasteiger charge is 2.29. The lowest BCUT2D eigenvalue weighted by Gasteiger charge is -2.33. The zero-order valence-corrected chi connectivity index (χ0v) is 12.6. The van der Waals surface area contributed by atoms with Crippen LogP contribution in [0, 0.1) is 19.7 Å². The third kappa shape index (κ3) is 2.75. The van der Waals surface area contributed by atoms with E-state index in [0.29, 0.717) is 0 Å². The van der Waals surface area contributed by atoms with Crippen molar-refractivity contribution >= 4 is 0 Å². The van der Waals surface area contributed by atoms with Crippen molar-refractivity contribution in [3.63, 3.8) is 0 Å². The molecule has 0 heterocycles. The third-order valence-electron chi connectivity index (χ3n) is 4.26. The number of rotatable bonds is 3. The van der Waals surface area contributed by atoms with Gasteiger partial charge in [0.15, 0.2) is 0 Å². The zero-order valence-electron chi connectivity index (χ0n) is 12.6. The number of aryl methyl sites for hydroxylation is 2. The summed E-state index contributed by atoms with van der Waals surface area (Å²) in [7, 11) is 0. The first-order valence-corrected chi connectivity index (χ1v) is 6.91. The van der Waals surface area contributed by atoms with Gasteiger partial charge in [0.2, 0.25) is 0 Å².